The Kier molecular flexibility index (Phi) is 6.57. The normalized spacial score (nSPS) is 11.5. The molecule has 0 aromatic heterocycles. The van der Waals surface area contributed by atoms with Gasteiger partial charge in [-0.05, 0) is 48.7 Å². The van der Waals surface area contributed by atoms with Crippen LogP contribution in [0.25, 0.3) is 0 Å². The lowest BCUT2D eigenvalue weighted by atomic mass is 10.1. The van der Waals surface area contributed by atoms with Crippen LogP contribution in [0.1, 0.15) is 35.3 Å². The van der Waals surface area contributed by atoms with Crippen molar-refractivity contribution in [2.24, 2.45) is 0 Å². The zero-order valence-corrected chi connectivity index (χ0v) is 14.8. The van der Waals surface area contributed by atoms with E-state index in [2.05, 4.69) is 10.6 Å². The minimum atomic E-state index is -0.110. The van der Waals surface area contributed by atoms with Crippen LogP contribution in [-0.2, 0) is 17.8 Å². The van der Waals surface area contributed by atoms with Crippen molar-refractivity contribution < 1.29 is 14.3 Å². The van der Waals surface area contributed by atoms with E-state index in [-0.39, 0.29) is 17.9 Å². The Labute approximate surface area is 148 Å². The average molecular weight is 340 g/mol. The van der Waals surface area contributed by atoms with Gasteiger partial charge in [-0.15, -0.1) is 0 Å². The highest BCUT2D eigenvalue weighted by atomic mass is 16.5. The predicted molar refractivity (Wildman–Crippen MR) is 97.6 cm³/mol. The second-order valence-corrected chi connectivity index (χ2v) is 6.04. The van der Waals surface area contributed by atoms with Crippen molar-refractivity contribution in [2.75, 3.05) is 7.11 Å². The molecule has 0 heterocycles. The van der Waals surface area contributed by atoms with E-state index in [9.17, 15) is 9.59 Å². The first-order chi connectivity index (χ1) is 12.0. The van der Waals surface area contributed by atoms with E-state index in [1.165, 1.54) is 6.92 Å². The summed E-state index contributed by atoms with van der Waals surface area (Å²) in [6.07, 6.45) is 0.726. The Hall–Kier alpha value is -2.82. The van der Waals surface area contributed by atoms with E-state index in [0.717, 1.165) is 23.3 Å². The number of carbonyl (C=O) groups excluding carboxylic acids is 2. The van der Waals surface area contributed by atoms with Gasteiger partial charge in [0.05, 0.1) is 7.11 Å². The molecule has 1 unspecified atom stereocenters. The van der Waals surface area contributed by atoms with E-state index in [4.69, 9.17) is 4.74 Å². The van der Waals surface area contributed by atoms with Crippen LogP contribution in [0, 0.1) is 0 Å². The van der Waals surface area contributed by atoms with Crippen molar-refractivity contribution in [3.05, 3.63) is 65.2 Å². The molecule has 2 amide bonds. The highest BCUT2D eigenvalue weighted by Crippen LogP contribution is 2.14. The molecule has 0 aliphatic carbocycles. The molecule has 0 bridgehead atoms. The summed E-state index contributed by atoms with van der Waals surface area (Å²) in [7, 11) is 1.64. The van der Waals surface area contributed by atoms with Crippen molar-refractivity contribution in [1.82, 2.24) is 10.6 Å². The van der Waals surface area contributed by atoms with E-state index in [1.807, 2.05) is 43.3 Å². The van der Waals surface area contributed by atoms with Gasteiger partial charge in [0, 0.05) is 25.1 Å². The summed E-state index contributed by atoms with van der Waals surface area (Å²) in [5, 5.41) is 5.73. The third-order valence-electron chi connectivity index (χ3n) is 3.81. The molecule has 5 heteroatoms. The van der Waals surface area contributed by atoms with Gasteiger partial charge < -0.3 is 15.4 Å². The van der Waals surface area contributed by atoms with Gasteiger partial charge >= 0.3 is 0 Å². The molecular formula is C20H24N2O3. The molecule has 5 nitrogen and oxygen atoms in total. The van der Waals surface area contributed by atoms with Crippen LogP contribution in [0.15, 0.2) is 48.5 Å². The molecule has 0 saturated heterocycles. The summed E-state index contributed by atoms with van der Waals surface area (Å²) < 4.78 is 5.22. The number of methoxy groups -OCH3 is 1. The Morgan fingerprint density at radius 2 is 1.80 bits per heavy atom. The van der Waals surface area contributed by atoms with Crippen LogP contribution < -0.4 is 15.4 Å². The fourth-order valence-corrected chi connectivity index (χ4v) is 2.51. The lowest BCUT2D eigenvalue weighted by Gasteiger charge is -2.15. The summed E-state index contributed by atoms with van der Waals surface area (Å²) in [4.78, 5) is 23.3. The zero-order valence-electron chi connectivity index (χ0n) is 14.8. The smallest absolute Gasteiger partial charge is 0.251 e. The maximum absolute atomic E-state index is 12.3. The molecule has 0 saturated carbocycles. The Balaban J connectivity index is 1.90. The number of hydrogen-bond donors (Lipinski definition) is 2. The molecule has 25 heavy (non-hydrogen) atoms. The third kappa shape index (κ3) is 5.95. The number of hydrogen-bond acceptors (Lipinski definition) is 3. The fraction of sp³-hybridized carbons (Fsp3) is 0.300. The second-order valence-electron chi connectivity index (χ2n) is 6.04. The van der Waals surface area contributed by atoms with Gasteiger partial charge in [0.2, 0.25) is 5.91 Å². The molecule has 0 radical (unpaired) electrons. The lowest BCUT2D eigenvalue weighted by molar-refractivity contribution is -0.119. The number of carbonyl (C=O) groups is 2. The molecule has 1 atom stereocenters. The van der Waals surface area contributed by atoms with Gasteiger partial charge in [-0.2, -0.15) is 0 Å². The van der Waals surface area contributed by atoms with Gasteiger partial charge in [-0.1, -0.05) is 24.3 Å². The van der Waals surface area contributed by atoms with Crippen LogP contribution in [0.3, 0.4) is 0 Å². The first kappa shape index (κ1) is 18.5. The molecule has 0 aliphatic heterocycles. The Bertz CT molecular complexity index is 726. The van der Waals surface area contributed by atoms with Crippen molar-refractivity contribution in [3.8, 4) is 5.75 Å². The van der Waals surface area contributed by atoms with Crippen LogP contribution in [0.4, 0.5) is 0 Å². The summed E-state index contributed by atoms with van der Waals surface area (Å²) in [5.74, 6) is 0.625. The molecule has 0 spiro atoms. The molecule has 132 valence electrons. The van der Waals surface area contributed by atoms with E-state index >= 15 is 0 Å². The Morgan fingerprint density at radius 1 is 1.08 bits per heavy atom. The van der Waals surface area contributed by atoms with Gasteiger partial charge in [0.25, 0.3) is 5.91 Å². The minimum Gasteiger partial charge on any atom is -0.497 e. The van der Waals surface area contributed by atoms with Crippen LogP contribution in [0.2, 0.25) is 0 Å². The van der Waals surface area contributed by atoms with Crippen LogP contribution in [-0.4, -0.2) is 25.0 Å². The molecule has 2 aromatic rings. The van der Waals surface area contributed by atoms with Crippen LogP contribution in [0.5, 0.6) is 5.75 Å². The SMILES string of the molecule is COc1cccc(CC(C)NC(=O)c2ccc(CNC(C)=O)cc2)c1. The van der Waals surface area contributed by atoms with Crippen molar-refractivity contribution in [1.29, 1.82) is 0 Å². The van der Waals surface area contributed by atoms with Gasteiger partial charge in [0.1, 0.15) is 5.75 Å². The second kappa shape index (κ2) is 8.87. The minimum absolute atomic E-state index is 0.00124. The monoisotopic (exact) mass is 340 g/mol. The number of amides is 2. The van der Waals surface area contributed by atoms with Gasteiger partial charge in [-0.25, -0.2) is 0 Å². The molecule has 0 fully saturated rings. The molecular weight excluding hydrogens is 316 g/mol. The van der Waals surface area contributed by atoms with E-state index < -0.39 is 0 Å². The van der Waals surface area contributed by atoms with Gasteiger partial charge in [0.15, 0.2) is 0 Å². The van der Waals surface area contributed by atoms with Gasteiger partial charge in [-0.3, -0.25) is 9.59 Å². The molecule has 2 rings (SSSR count). The molecule has 0 aliphatic rings. The number of nitrogens with one attached hydrogen (secondary N) is 2. The topological polar surface area (TPSA) is 67.4 Å². The number of rotatable bonds is 7. The lowest BCUT2D eigenvalue weighted by Crippen LogP contribution is -2.34. The maximum atomic E-state index is 12.3. The fourth-order valence-electron chi connectivity index (χ4n) is 2.51. The van der Waals surface area contributed by atoms with E-state index in [0.29, 0.717) is 12.1 Å². The predicted octanol–water partition coefficient (Wildman–Crippen LogP) is 2.69. The highest BCUT2D eigenvalue weighted by molar-refractivity contribution is 5.94. The van der Waals surface area contributed by atoms with Crippen molar-refractivity contribution in [2.45, 2.75) is 32.9 Å². The van der Waals surface area contributed by atoms with E-state index in [1.54, 1.807) is 19.2 Å². The first-order valence-electron chi connectivity index (χ1n) is 8.25. The summed E-state index contributed by atoms with van der Waals surface area (Å²) in [5.41, 5.74) is 2.66. The highest BCUT2D eigenvalue weighted by Gasteiger charge is 2.11. The third-order valence-corrected chi connectivity index (χ3v) is 3.81. The quantitative estimate of drug-likeness (QED) is 0.814. The van der Waals surface area contributed by atoms with Crippen molar-refractivity contribution in [3.63, 3.8) is 0 Å². The number of benzene rings is 2. The first-order valence-corrected chi connectivity index (χ1v) is 8.25. The Morgan fingerprint density at radius 3 is 2.44 bits per heavy atom. The van der Waals surface area contributed by atoms with Crippen molar-refractivity contribution >= 4 is 11.8 Å². The molecule has 2 aromatic carbocycles. The average Bonchev–Trinajstić information content (AvgIpc) is 2.60. The summed E-state index contributed by atoms with van der Waals surface area (Å²) >= 11 is 0. The summed E-state index contributed by atoms with van der Waals surface area (Å²) in [6.45, 7) is 3.91. The van der Waals surface area contributed by atoms with Crippen LogP contribution >= 0.6 is 0 Å². The zero-order chi connectivity index (χ0) is 18.2. The number of ether oxygens (including phenoxy) is 1. The maximum Gasteiger partial charge on any atom is 0.251 e. The standard InChI is InChI=1S/C20H24N2O3/c1-14(11-17-5-4-6-19(12-17)25-3)22-20(24)18-9-7-16(8-10-18)13-21-15(2)23/h4-10,12,14H,11,13H2,1-3H3,(H,21,23)(H,22,24). The molecule has 2 N–H and O–H groups in total. The summed E-state index contributed by atoms with van der Waals surface area (Å²) in [6, 6.07) is 15.1. The largest absolute Gasteiger partial charge is 0.497 e.